The van der Waals surface area contributed by atoms with Crippen molar-refractivity contribution in [3.8, 4) is 0 Å². The van der Waals surface area contributed by atoms with E-state index >= 15 is 0 Å². The summed E-state index contributed by atoms with van der Waals surface area (Å²) < 4.78 is 11.1. The molecule has 2 aromatic heterocycles. The smallest absolute Gasteiger partial charge is 0.259 e. The first-order valence-corrected chi connectivity index (χ1v) is 8.10. The zero-order valence-electron chi connectivity index (χ0n) is 13.7. The van der Waals surface area contributed by atoms with Crippen LogP contribution in [0, 0.1) is 13.8 Å². The summed E-state index contributed by atoms with van der Waals surface area (Å²) in [6.45, 7) is 4.40. The molecule has 0 unspecified atom stereocenters. The van der Waals surface area contributed by atoms with Crippen LogP contribution in [0.15, 0.2) is 28.7 Å². The molecule has 6 nitrogen and oxygen atoms in total. The molecule has 1 aliphatic rings. The maximum absolute atomic E-state index is 12.4. The average molecular weight is 325 g/mol. The Bertz CT molecular complexity index is 904. The van der Waals surface area contributed by atoms with Gasteiger partial charge in [0.1, 0.15) is 23.4 Å². The maximum Gasteiger partial charge on any atom is 0.259 e. The maximum atomic E-state index is 12.4. The number of hydrogen-bond acceptors (Lipinski definition) is 4. The van der Waals surface area contributed by atoms with Gasteiger partial charge in [-0.2, -0.15) is 0 Å². The number of rotatable bonds is 3. The summed E-state index contributed by atoms with van der Waals surface area (Å²) in [7, 11) is 0. The van der Waals surface area contributed by atoms with Crippen molar-refractivity contribution in [3.63, 3.8) is 0 Å². The molecule has 2 N–H and O–H groups in total. The molecule has 4 rings (SSSR count). The Morgan fingerprint density at radius 2 is 2.21 bits per heavy atom. The van der Waals surface area contributed by atoms with Gasteiger partial charge in [-0.1, -0.05) is 0 Å². The number of nitrogens with zero attached hydrogens (tertiary/aromatic N) is 1. The lowest BCUT2D eigenvalue weighted by Crippen LogP contribution is -2.11. The molecule has 1 atom stereocenters. The molecule has 6 heteroatoms. The van der Waals surface area contributed by atoms with Crippen LogP contribution in [0.25, 0.3) is 11.0 Å². The Morgan fingerprint density at radius 3 is 2.92 bits per heavy atom. The minimum absolute atomic E-state index is 0.0481. The molecule has 124 valence electrons. The quantitative estimate of drug-likeness (QED) is 0.766. The van der Waals surface area contributed by atoms with E-state index in [4.69, 9.17) is 9.15 Å². The van der Waals surface area contributed by atoms with Crippen molar-refractivity contribution < 1.29 is 13.9 Å². The van der Waals surface area contributed by atoms with E-state index in [2.05, 4.69) is 15.3 Å². The number of benzene rings is 1. The van der Waals surface area contributed by atoms with Crippen LogP contribution in [-0.4, -0.2) is 22.5 Å². The standard InChI is InChI=1S/C18H19N3O3/c1-10-8-13(11(2)24-10)18(22)19-12-5-6-14-15(9-12)21-17(20-14)16-4-3-7-23-16/h5-6,8-9,16H,3-4,7H2,1-2H3,(H,19,22)(H,20,21)/t16-/m1/s1. The van der Waals surface area contributed by atoms with Crippen molar-refractivity contribution in [1.29, 1.82) is 0 Å². The highest BCUT2D eigenvalue weighted by molar-refractivity contribution is 6.05. The molecule has 1 aromatic carbocycles. The number of carbonyl (C=O) groups is 1. The fraction of sp³-hybridized carbons (Fsp3) is 0.333. The Morgan fingerprint density at radius 1 is 1.33 bits per heavy atom. The van der Waals surface area contributed by atoms with E-state index < -0.39 is 0 Å². The van der Waals surface area contributed by atoms with Crippen LogP contribution in [0.3, 0.4) is 0 Å². The Kier molecular flexibility index (Phi) is 3.61. The summed E-state index contributed by atoms with van der Waals surface area (Å²) in [6, 6.07) is 7.38. The van der Waals surface area contributed by atoms with Crippen molar-refractivity contribution in [3.05, 3.63) is 47.2 Å². The Labute approximate surface area is 139 Å². The highest BCUT2D eigenvalue weighted by Crippen LogP contribution is 2.28. The monoisotopic (exact) mass is 325 g/mol. The molecule has 3 aromatic rings. The van der Waals surface area contributed by atoms with Crippen molar-refractivity contribution >= 4 is 22.6 Å². The number of H-pyrrole nitrogens is 1. The number of nitrogens with one attached hydrogen (secondary N) is 2. The number of anilines is 1. The van der Waals surface area contributed by atoms with Crippen LogP contribution in [0.4, 0.5) is 5.69 Å². The van der Waals surface area contributed by atoms with E-state index in [9.17, 15) is 4.79 Å². The van der Waals surface area contributed by atoms with Crippen LogP contribution >= 0.6 is 0 Å². The molecule has 1 aliphatic heterocycles. The number of imidazole rings is 1. The zero-order chi connectivity index (χ0) is 16.7. The molecular weight excluding hydrogens is 306 g/mol. The van der Waals surface area contributed by atoms with Gasteiger partial charge < -0.3 is 19.5 Å². The summed E-state index contributed by atoms with van der Waals surface area (Å²) in [6.07, 6.45) is 2.10. The van der Waals surface area contributed by atoms with Gasteiger partial charge in [-0.15, -0.1) is 0 Å². The van der Waals surface area contributed by atoms with Crippen LogP contribution in [0.2, 0.25) is 0 Å². The summed E-state index contributed by atoms with van der Waals surface area (Å²) in [5.41, 5.74) is 3.03. The molecule has 0 saturated carbocycles. The van der Waals surface area contributed by atoms with Gasteiger partial charge in [0.25, 0.3) is 5.91 Å². The van der Waals surface area contributed by atoms with Gasteiger partial charge in [0.05, 0.1) is 16.6 Å². The molecule has 0 radical (unpaired) electrons. The molecule has 0 bridgehead atoms. The summed E-state index contributed by atoms with van der Waals surface area (Å²) in [4.78, 5) is 20.3. The molecule has 0 spiro atoms. The number of furan rings is 1. The number of hydrogen-bond donors (Lipinski definition) is 2. The average Bonchev–Trinajstić information content (AvgIpc) is 3.25. The molecule has 1 amide bonds. The largest absolute Gasteiger partial charge is 0.466 e. The van der Waals surface area contributed by atoms with E-state index in [0.29, 0.717) is 17.0 Å². The number of fused-ring (bicyclic) bond motifs is 1. The number of amides is 1. The summed E-state index contributed by atoms with van der Waals surface area (Å²) in [5, 5.41) is 2.91. The van der Waals surface area contributed by atoms with Gasteiger partial charge in [-0.3, -0.25) is 4.79 Å². The third kappa shape index (κ3) is 2.69. The lowest BCUT2D eigenvalue weighted by Gasteiger charge is -2.04. The second-order valence-corrected chi connectivity index (χ2v) is 6.14. The van der Waals surface area contributed by atoms with E-state index in [1.807, 2.05) is 25.1 Å². The fourth-order valence-corrected chi connectivity index (χ4v) is 3.11. The van der Waals surface area contributed by atoms with Crippen LogP contribution in [0.1, 0.15) is 46.6 Å². The van der Waals surface area contributed by atoms with Crippen molar-refractivity contribution in [2.45, 2.75) is 32.8 Å². The first kappa shape index (κ1) is 15.0. The van der Waals surface area contributed by atoms with Crippen LogP contribution < -0.4 is 5.32 Å². The molecule has 24 heavy (non-hydrogen) atoms. The SMILES string of the molecule is Cc1cc(C(=O)Nc2ccc3nc([C@H]4CCCO4)[nH]c3c2)c(C)o1. The van der Waals surface area contributed by atoms with Gasteiger partial charge >= 0.3 is 0 Å². The molecule has 3 heterocycles. The van der Waals surface area contributed by atoms with Crippen molar-refractivity contribution in [2.24, 2.45) is 0 Å². The Hall–Kier alpha value is -2.60. The van der Waals surface area contributed by atoms with Crippen LogP contribution in [0.5, 0.6) is 0 Å². The third-order valence-electron chi connectivity index (χ3n) is 4.28. The summed E-state index contributed by atoms with van der Waals surface area (Å²) in [5.74, 6) is 2.02. The lowest BCUT2D eigenvalue weighted by molar-refractivity contribution is 0.102. The molecular formula is C18H19N3O3. The zero-order valence-corrected chi connectivity index (χ0v) is 13.7. The highest BCUT2D eigenvalue weighted by atomic mass is 16.5. The molecule has 1 fully saturated rings. The second kappa shape index (κ2) is 5.79. The number of aryl methyl sites for hydroxylation is 2. The van der Waals surface area contributed by atoms with Crippen molar-refractivity contribution in [1.82, 2.24) is 9.97 Å². The number of aromatic amines is 1. The predicted molar refractivity (Wildman–Crippen MR) is 90.2 cm³/mol. The summed E-state index contributed by atoms with van der Waals surface area (Å²) >= 11 is 0. The van der Waals surface area contributed by atoms with Gasteiger partial charge in [0, 0.05) is 12.3 Å². The van der Waals surface area contributed by atoms with Gasteiger partial charge in [-0.05, 0) is 51.0 Å². The first-order chi connectivity index (χ1) is 11.6. The predicted octanol–water partition coefficient (Wildman–Crippen LogP) is 3.88. The van der Waals surface area contributed by atoms with E-state index in [1.54, 1.807) is 13.0 Å². The minimum Gasteiger partial charge on any atom is -0.466 e. The first-order valence-electron chi connectivity index (χ1n) is 8.10. The minimum atomic E-state index is -0.178. The van der Waals surface area contributed by atoms with E-state index in [-0.39, 0.29) is 12.0 Å². The van der Waals surface area contributed by atoms with Crippen LogP contribution in [-0.2, 0) is 4.74 Å². The second-order valence-electron chi connectivity index (χ2n) is 6.14. The molecule has 0 aliphatic carbocycles. The van der Waals surface area contributed by atoms with Gasteiger partial charge in [0.2, 0.25) is 0 Å². The third-order valence-corrected chi connectivity index (χ3v) is 4.28. The molecule has 1 saturated heterocycles. The van der Waals surface area contributed by atoms with E-state index in [0.717, 1.165) is 42.1 Å². The van der Waals surface area contributed by atoms with Gasteiger partial charge in [0.15, 0.2) is 0 Å². The van der Waals surface area contributed by atoms with Gasteiger partial charge in [-0.25, -0.2) is 4.98 Å². The fourth-order valence-electron chi connectivity index (χ4n) is 3.11. The number of carbonyl (C=O) groups excluding carboxylic acids is 1. The Balaban J connectivity index is 1.58. The highest BCUT2D eigenvalue weighted by Gasteiger charge is 2.21. The normalized spacial score (nSPS) is 17.5. The number of aromatic nitrogens is 2. The lowest BCUT2D eigenvalue weighted by atomic mass is 10.2. The topological polar surface area (TPSA) is 80.1 Å². The van der Waals surface area contributed by atoms with Crippen molar-refractivity contribution in [2.75, 3.05) is 11.9 Å². The number of ether oxygens (including phenoxy) is 1. The van der Waals surface area contributed by atoms with E-state index in [1.165, 1.54) is 0 Å².